The zero-order valence-corrected chi connectivity index (χ0v) is 17.9. The highest BCUT2D eigenvalue weighted by Crippen LogP contribution is 2.32. The highest BCUT2D eigenvalue weighted by atomic mass is 19.4. The highest BCUT2D eigenvalue weighted by Gasteiger charge is 2.36. The van der Waals surface area contributed by atoms with Gasteiger partial charge in [-0.25, -0.2) is 9.37 Å². The Bertz CT molecular complexity index is 1280. The largest absolute Gasteiger partial charge is 0.433 e. The van der Waals surface area contributed by atoms with E-state index in [2.05, 4.69) is 4.98 Å². The number of rotatable bonds is 3. The number of carbonyl (C=O) groups excluding carboxylic acids is 1. The smallest absolute Gasteiger partial charge is 0.381 e. The Morgan fingerprint density at radius 2 is 1.91 bits per heavy atom. The van der Waals surface area contributed by atoms with Crippen LogP contribution in [0.15, 0.2) is 41.3 Å². The molecule has 1 amide bonds. The molecule has 10 heteroatoms. The standard InChI is InChI=1S/C23H21F4N3O3/c1-13-19(23(25,26)27)28-20-16(4-3-9-30(20)21(13)31)14-5-6-17(18(24)12-14)22(32)29(2)15-7-10-33-11-8-15/h3-6,9,12,15H,7-8,10-11H2,1-2H3. The number of hydrogen-bond donors (Lipinski definition) is 0. The van der Waals surface area contributed by atoms with Gasteiger partial charge in [0.1, 0.15) is 11.5 Å². The van der Waals surface area contributed by atoms with Crippen LogP contribution in [0.5, 0.6) is 0 Å². The molecule has 33 heavy (non-hydrogen) atoms. The average molecular weight is 463 g/mol. The van der Waals surface area contributed by atoms with E-state index in [1.54, 1.807) is 7.05 Å². The minimum Gasteiger partial charge on any atom is -0.381 e. The fourth-order valence-corrected chi connectivity index (χ4v) is 4.04. The molecule has 0 spiro atoms. The molecule has 0 unspecified atom stereocenters. The molecule has 174 valence electrons. The summed E-state index contributed by atoms with van der Waals surface area (Å²) in [6.07, 6.45) is -2.21. The summed E-state index contributed by atoms with van der Waals surface area (Å²) in [7, 11) is 1.60. The van der Waals surface area contributed by atoms with Crippen LogP contribution in [0.2, 0.25) is 0 Å². The van der Waals surface area contributed by atoms with Crippen LogP contribution in [-0.2, 0) is 10.9 Å². The SMILES string of the molecule is Cc1c(C(F)(F)F)nc2c(-c3ccc(C(=O)N(C)C4CCOCC4)c(F)c3)cccn2c1=O. The number of alkyl halides is 3. The fourth-order valence-electron chi connectivity index (χ4n) is 4.04. The summed E-state index contributed by atoms with van der Waals surface area (Å²) in [4.78, 5) is 30.5. The Balaban J connectivity index is 1.76. The van der Waals surface area contributed by atoms with Crippen molar-refractivity contribution in [1.82, 2.24) is 14.3 Å². The van der Waals surface area contributed by atoms with E-state index in [-0.39, 0.29) is 28.4 Å². The monoisotopic (exact) mass is 463 g/mol. The van der Waals surface area contributed by atoms with E-state index in [1.165, 1.54) is 35.4 Å². The number of pyridine rings is 1. The summed E-state index contributed by atoms with van der Waals surface area (Å²) in [6.45, 7) is 2.11. The second-order valence-corrected chi connectivity index (χ2v) is 7.96. The Hall–Kier alpha value is -3.27. The Kier molecular flexibility index (Phi) is 5.96. The first kappa shape index (κ1) is 22.9. The van der Waals surface area contributed by atoms with Crippen LogP contribution >= 0.6 is 0 Å². The zero-order valence-electron chi connectivity index (χ0n) is 17.9. The minimum absolute atomic E-state index is 0.0662. The highest BCUT2D eigenvalue weighted by molar-refractivity contribution is 5.95. The summed E-state index contributed by atoms with van der Waals surface area (Å²) < 4.78 is 61.5. The van der Waals surface area contributed by atoms with E-state index < -0.39 is 34.7 Å². The molecule has 0 bridgehead atoms. The number of carbonyl (C=O) groups is 1. The molecule has 1 aliphatic rings. The van der Waals surface area contributed by atoms with Crippen molar-refractivity contribution in [2.75, 3.05) is 20.3 Å². The third-order valence-electron chi connectivity index (χ3n) is 5.92. The lowest BCUT2D eigenvalue weighted by molar-refractivity contribution is -0.141. The number of fused-ring (bicyclic) bond motifs is 1. The maximum atomic E-state index is 15.0. The second-order valence-electron chi connectivity index (χ2n) is 7.96. The van der Waals surface area contributed by atoms with Gasteiger partial charge in [-0.2, -0.15) is 13.2 Å². The van der Waals surface area contributed by atoms with E-state index in [0.29, 0.717) is 26.1 Å². The van der Waals surface area contributed by atoms with E-state index >= 15 is 0 Å². The van der Waals surface area contributed by atoms with Crippen LogP contribution in [0.4, 0.5) is 17.6 Å². The summed E-state index contributed by atoms with van der Waals surface area (Å²) in [5, 5.41) is 0. The average Bonchev–Trinajstić information content (AvgIpc) is 2.79. The van der Waals surface area contributed by atoms with Gasteiger partial charge in [-0.3, -0.25) is 14.0 Å². The molecule has 0 atom stereocenters. The van der Waals surface area contributed by atoms with Gasteiger partial charge in [0.05, 0.1) is 5.56 Å². The first-order chi connectivity index (χ1) is 15.6. The van der Waals surface area contributed by atoms with Crippen molar-refractivity contribution in [2.24, 2.45) is 0 Å². The first-order valence-corrected chi connectivity index (χ1v) is 10.3. The molecule has 3 aromatic rings. The molecule has 0 radical (unpaired) electrons. The molecule has 1 saturated heterocycles. The lowest BCUT2D eigenvalue weighted by Crippen LogP contribution is -2.40. The van der Waals surface area contributed by atoms with Crippen molar-refractivity contribution in [2.45, 2.75) is 32.0 Å². The predicted molar refractivity (Wildman–Crippen MR) is 113 cm³/mol. The van der Waals surface area contributed by atoms with Crippen molar-refractivity contribution < 1.29 is 27.1 Å². The molecular formula is C23H21F4N3O3. The van der Waals surface area contributed by atoms with Crippen molar-refractivity contribution in [3.05, 3.63) is 69.5 Å². The van der Waals surface area contributed by atoms with E-state index in [0.717, 1.165) is 17.4 Å². The van der Waals surface area contributed by atoms with Crippen LogP contribution in [-0.4, -0.2) is 46.5 Å². The number of benzene rings is 1. The molecule has 0 aliphatic carbocycles. The van der Waals surface area contributed by atoms with Gasteiger partial charge in [0.25, 0.3) is 11.5 Å². The van der Waals surface area contributed by atoms with Gasteiger partial charge >= 0.3 is 6.18 Å². The minimum atomic E-state index is -4.82. The number of amides is 1. The third kappa shape index (κ3) is 4.22. The summed E-state index contributed by atoms with van der Waals surface area (Å²) in [5.74, 6) is -1.31. The van der Waals surface area contributed by atoms with Gasteiger partial charge in [0.2, 0.25) is 0 Å². The van der Waals surface area contributed by atoms with Crippen LogP contribution in [0.1, 0.15) is 34.5 Å². The molecule has 3 heterocycles. The Labute approximate surface area is 186 Å². The molecule has 6 nitrogen and oxygen atoms in total. The van der Waals surface area contributed by atoms with Crippen LogP contribution in [0.3, 0.4) is 0 Å². The van der Waals surface area contributed by atoms with Crippen LogP contribution in [0.25, 0.3) is 16.8 Å². The maximum absolute atomic E-state index is 15.0. The lowest BCUT2D eigenvalue weighted by Gasteiger charge is -2.31. The molecule has 4 rings (SSSR count). The van der Waals surface area contributed by atoms with Crippen molar-refractivity contribution >= 4 is 11.6 Å². The third-order valence-corrected chi connectivity index (χ3v) is 5.92. The normalized spacial score (nSPS) is 15.1. The Morgan fingerprint density at radius 3 is 2.55 bits per heavy atom. The van der Waals surface area contributed by atoms with E-state index in [1.807, 2.05) is 0 Å². The zero-order chi connectivity index (χ0) is 23.9. The van der Waals surface area contributed by atoms with Gasteiger partial charge < -0.3 is 9.64 Å². The molecule has 2 aromatic heterocycles. The number of hydrogen-bond acceptors (Lipinski definition) is 4. The lowest BCUT2D eigenvalue weighted by atomic mass is 10.0. The Morgan fingerprint density at radius 1 is 1.21 bits per heavy atom. The number of aromatic nitrogens is 2. The predicted octanol–water partition coefficient (Wildman–Crippen LogP) is 4.08. The number of halogens is 4. The molecule has 1 aromatic carbocycles. The van der Waals surface area contributed by atoms with E-state index in [4.69, 9.17) is 4.74 Å². The summed E-state index contributed by atoms with van der Waals surface area (Å²) in [5.41, 5.74) is -2.75. The maximum Gasteiger partial charge on any atom is 0.433 e. The summed E-state index contributed by atoms with van der Waals surface area (Å²) in [6, 6.07) is 6.64. The van der Waals surface area contributed by atoms with Gasteiger partial charge in [-0.1, -0.05) is 6.07 Å². The quantitative estimate of drug-likeness (QED) is 0.550. The fraction of sp³-hybridized carbons (Fsp3) is 0.348. The molecule has 1 fully saturated rings. The van der Waals surface area contributed by atoms with Crippen molar-refractivity contribution in [1.29, 1.82) is 0 Å². The van der Waals surface area contributed by atoms with Crippen LogP contribution in [0, 0.1) is 12.7 Å². The van der Waals surface area contributed by atoms with Gasteiger partial charge in [-0.05, 0) is 49.6 Å². The van der Waals surface area contributed by atoms with Gasteiger partial charge in [-0.15, -0.1) is 0 Å². The van der Waals surface area contributed by atoms with Gasteiger partial charge in [0.15, 0.2) is 5.69 Å². The van der Waals surface area contributed by atoms with Crippen molar-refractivity contribution in [3.63, 3.8) is 0 Å². The molecule has 1 aliphatic heterocycles. The number of nitrogens with zero attached hydrogens (tertiary/aromatic N) is 3. The topological polar surface area (TPSA) is 63.9 Å². The summed E-state index contributed by atoms with van der Waals surface area (Å²) >= 11 is 0. The van der Waals surface area contributed by atoms with Crippen LogP contribution < -0.4 is 5.56 Å². The van der Waals surface area contributed by atoms with Gasteiger partial charge in [0, 0.05) is 43.6 Å². The molecule has 0 N–H and O–H groups in total. The second kappa shape index (κ2) is 8.58. The number of ether oxygens (including phenoxy) is 1. The van der Waals surface area contributed by atoms with E-state index in [9.17, 15) is 27.2 Å². The molecular weight excluding hydrogens is 442 g/mol. The molecule has 0 saturated carbocycles. The van der Waals surface area contributed by atoms with Crippen molar-refractivity contribution in [3.8, 4) is 11.1 Å². The first-order valence-electron chi connectivity index (χ1n) is 10.3.